The van der Waals surface area contributed by atoms with E-state index in [1.807, 2.05) is 4.52 Å². The predicted octanol–water partition coefficient (Wildman–Crippen LogP) is 0.579. The smallest absolute Gasteiger partial charge is 0.254 e. The van der Waals surface area contributed by atoms with E-state index in [4.69, 9.17) is 6.42 Å². The Bertz CT molecular complexity index is 820. The molecule has 7 nitrogen and oxygen atoms in total. The highest BCUT2D eigenvalue weighted by Crippen LogP contribution is 2.32. The lowest BCUT2D eigenvalue weighted by Gasteiger charge is -2.34. The Kier molecular flexibility index (Phi) is 3.81. The molecule has 1 aliphatic heterocycles. The van der Waals surface area contributed by atoms with Gasteiger partial charge in [-0.25, -0.2) is 4.98 Å². The van der Waals surface area contributed by atoms with Crippen LogP contribution in [0.15, 0.2) is 6.33 Å². The molecule has 3 heterocycles. The average molecular weight is 324 g/mol. The maximum Gasteiger partial charge on any atom is 0.254 e. The summed E-state index contributed by atoms with van der Waals surface area (Å²) in [5, 5.41) is 7.17. The third-order valence-corrected chi connectivity index (χ3v) is 4.88. The lowest BCUT2D eigenvalue weighted by atomic mass is 9.96. The summed E-state index contributed by atoms with van der Waals surface area (Å²) in [5.74, 6) is 4.17. The van der Waals surface area contributed by atoms with Crippen LogP contribution in [0.3, 0.4) is 0 Å². The lowest BCUT2D eigenvalue weighted by Crippen LogP contribution is -2.44. The van der Waals surface area contributed by atoms with Crippen LogP contribution >= 0.6 is 0 Å². The van der Waals surface area contributed by atoms with Crippen LogP contribution in [0, 0.1) is 18.3 Å². The number of piperidine rings is 1. The Morgan fingerprint density at radius 3 is 3.21 bits per heavy atom. The molecule has 1 saturated heterocycles. The van der Waals surface area contributed by atoms with E-state index in [9.17, 15) is 4.79 Å². The first kappa shape index (κ1) is 14.9. The van der Waals surface area contributed by atoms with Crippen molar-refractivity contribution in [3.8, 4) is 12.3 Å². The second kappa shape index (κ2) is 6.11. The highest BCUT2D eigenvalue weighted by Gasteiger charge is 2.30. The minimum atomic E-state index is -0.0455. The quantitative estimate of drug-likeness (QED) is 0.836. The third kappa shape index (κ3) is 2.48. The molecular weight excluding hydrogens is 304 g/mol. The van der Waals surface area contributed by atoms with Crippen LogP contribution < -0.4 is 10.2 Å². The maximum atomic E-state index is 12.3. The molecule has 2 aliphatic rings. The van der Waals surface area contributed by atoms with Gasteiger partial charge in [-0.1, -0.05) is 5.92 Å². The molecule has 1 aliphatic carbocycles. The van der Waals surface area contributed by atoms with Crippen molar-refractivity contribution in [1.82, 2.24) is 24.9 Å². The van der Waals surface area contributed by atoms with Crippen molar-refractivity contribution in [2.75, 3.05) is 24.5 Å². The molecule has 2 aromatic rings. The van der Waals surface area contributed by atoms with Gasteiger partial charge >= 0.3 is 0 Å². The van der Waals surface area contributed by atoms with E-state index in [1.165, 1.54) is 5.56 Å². The molecule has 0 saturated carbocycles. The number of carbonyl (C=O) groups is 1. The third-order valence-electron chi connectivity index (χ3n) is 4.88. The van der Waals surface area contributed by atoms with Gasteiger partial charge in [-0.15, -0.1) is 6.42 Å². The van der Waals surface area contributed by atoms with Crippen LogP contribution in [0.4, 0.5) is 5.82 Å². The van der Waals surface area contributed by atoms with Gasteiger partial charge in [0, 0.05) is 18.7 Å². The Labute approximate surface area is 140 Å². The number of nitrogens with one attached hydrogen (secondary N) is 1. The van der Waals surface area contributed by atoms with Gasteiger partial charge in [0.2, 0.25) is 5.91 Å². The van der Waals surface area contributed by atoms with Crippen LogP contribution in [0.25, 0.3) is 5.78 Å². The van der Waals surface area contributed by atoms with Crippen molar-refractivity contribution in [2.24, 2.45) is 5.92 Å². The summed E-state index contributed by atoms with van der Waals surface area (Å²) >= 11 is 0. The Morgan fingerprint density at radius 1 is 1.42 bits per heavy atom. The number of fused-ring (bicyclic) bond motifs is 2. The first-order valence-electron chi connectivity index (χ1n) is 8.45. The minimum absolute atomic E-state index is 0.0400. The molecule has 0 spiro atoms. The molecule has 124 valence electrons. The number of aryl methyl sites for hydroxylation is 1. The molecule has 1 fully saturated rings. The number of nitrogens with zero attached hydrogens (tertiary/aromatic N) is 5. The molecule has 4 rings (SSSR count). The van der Waals surface area contributed by atoms with Gasteiger partial charge in [0.15, 0.2) is 0 Å². The second-order valence-corrected chi connectivity index (χ2v) is 6.39. The number of aromatic nitrogens is 4. The Morgan fingerprint density at radius 2 is 2.33 bits per heavy atom. The lowest BCUT2D eigenvalue weighted by molar-refractivity contribution is -0.124. The second-order valence-electron chi connectivity index (χ2n) is 6.39. The topological polar surface area (TPSA) is 75.4 Å². The molecule has 0 radical (unpaired) electrons. The van der Waals surface area contributed by atoms with E-state index in [0.29, 0.717) is 12.3 Å². The fraction of sp³-hybridized carbons (Fsp3) is 0.529. The molecule has 1 amide bonds. The Balaban J connectivity index is 1.66. The van der Waals surface area contributed by atoms with E-state index in [-0.39, 0.29) is 18.4 Å². The van der Waals surface area contributed by atoms with Crippen molar-refractivity contribution in [2.45, 2.75) is 32.1 Å². The number of amides is 1. The van der Waals surface area contributed by atoms with Gasteiger partial charge in [-0.2, -0.15) is 14.6 Å². The van der Waals surface area contributed by atoms with Crippen LogP contribution in [-0.2, 0) is 17.6 Å². The van der Waals surface area contributed by atoms with E-state index in [1.54, 1.807) is 6.33 Å². The zero-order valence-corrected chi connectivity index (χ0v) is 13.5. The molecule has 0 bridgehead atoms. The summed E-state index contributed by atoms with van der Waals surface area (Å²) in [5.41, 5.74) is 2.39. The summed E-state index contributed by atoms with van der Waals surface area (Å²) in [6.45, 7) is 1.89. The van der Waals surface area contributed by atoms with Crippen LogP contribution in [-0.4, -0.2) is 45.1 Å². The van der Waals surface area contributed by atoms with Gasteiger partial charge in [-0.3, -0.25) is 4.79 Å². The average Bonchev–Trinajstić information content (AvgIpc) is 3.26. The van der Waals surface area contributed by atoms with Gasteiger partial charge < -0.3 is 10.2 Å². The fourth-order valence-electron chi connectivity index (χ4n) is 3.79. The van der Waals surface area contributed by atoms with E-state index >= 15 is 0 Å². The molecule has 24 heavy (non-hydrogen) atoms. The van der Waals surface area contributed by atoms with Crippen molar-refractivity contribution in [3.05, 3.63) is 17.6 Å². The van der Waals surface area contributed by atoms with E-state index in [0.717, 1.165) is 50.2 Å². The van der Waals surface area contributed by atoms with Crippen LogP contribution in [0.1, 0.15) is 30.5 Å². The largest absolute Gasteiger partial charge is 0.355 e. The normalized spacial score (nSPS) is 20.0. The molecule has 2 aromatic heterocycles. The highest BCUT2D eigenvalue weighted by atomic mass is 16.1. The number of carbonyl (C=O) groups excluding carboxylic acids is 1. The summed E-state index contributed by atoms with van der Waals surface area (Å²) in [7, 11) is 0. The van der Waals surface area contributed by atoms with Crippen LogP contribution in [0.2, 0.25) is 0 Å². The first-order valence-corrected chi connectivity index (χ1v) is 8.45. The molecular formula is C17H20N6O. The van der Waals surface area contributed by atoms with E-state index in [2.05, 4.69) is 31.2 Å². The summed E-state index contributed by atoms with van der Waals surface area (Å²) in [6, 6.07) is 0. The standard InChI is InChI=1S/C17H20N6O/c1-2-8-18-15(24)12-5-4-9-22(10-12)16-13-6-3-7-14(13)21-17-19-11-20-23(16)17/h1,11-12H,3-10H2,(H,18,24). The van der Waals surface area contributed by atoms with Crippen molar-refractivity contribution < 1.29 is 4.79 Å². The summed E-state index contributed by atoms with van der Waals surface area (Å²) in [4.78, 5) is 23.5. The number of hydrogen-bond acceptors (Lipinski definition) is 5. The molecule has 1 unspecified atom stereocenters. The maximum absolute atomic E-state index is 12.3. The van der Waals surface area contributed by atoms with Gasteiger partial charge in [0.25, 0.3) is 5.78 Å². The van der Waals surface area contributed by atoms with Crippen molar-refractivity contribution >= 4 is 17.5 Å². The summed E-state index contributed by atoms with van der Waals surface area (Å²) in [6.07, 6.45) is 11.8. The SMILES string of the molecule is C#CCNC(=O)C1CCCN(c2c3c(nc4ncnn24)CCC3)C1. The Hall–Kier alpha value is -2.62. The van der Waals surface area contributed by atoms with Gasteiger partial charge in [-0.05, 0) is 32.1 Å². The zero-order valence-electron chi connectivity index (χ0n) is 13.5. The number of rotatable bonds is 3. The van der Waals surface area contributed by atoms with Crippen molar-refractivity contribution in [1.29, 1.82) is 0 Å². The van der Waals surface area contributed by atoms with Gasteiger partial charge in [0.1, 0.15) is 12.1 Å². The molecule has 0 aromatic carbocycles. The van der Waals surface area contributed by atoms with Crippen molar-refractivity contribution in [3.63, 3.8) is 0 Å². The number of hydrogen-bond donors (Lipinski definition) is 1. The number of terminal acetylenes is 1. The monoisotopic (exact) mass is 324 g/mol. The predicted molar refractivity (Wildman–Crippen MR) is 89.6 cm³/mol. The van der Waals surface area contributed by atoms with Crippen LogP contribution in [0.5, 0.6) is 0 Å². The minimum Gasteiger partial charge on any atom is -0.355 e. The zero-order chi connectivity index (χ0) is 16.5. The fourth-order valence-corrected chi connectivity index (χ4v) is 3.79. The van der Waals surface area contributed by atoms with Gasteiger partial charge in [0.05, 0.1) is 18.2 Å². The molecule has 7 heteroatoms. The van der Waals surface area contributed by atoms with E-state index < -0.39 is 0 Å². The number of anilines is 1. The highest BCUT2D eigenvalue weighted by molar-refractivity contribution is 5.80. The molecule has 1 atom stereocenters. The molecule has 1 N–H and O–H groups in total. The first-order chi connectivity index (χ1) is 11.8. The summed E-state index contributed by atoms with van der Waals surface area (Å²) < 4.78 is 1.83.